The van der Waals surface area contributed by atoms with E-state index in [4.69, 9.17) is 14.5 Å². The standard InChI is InChI=1S/C29H33N5O4/c1-18-19(2)28-24(29(36)33(17-31-28)26-7-10-38-16-27(26)35)12-21(18)11-20-3-4-25(30-13-20)22-14-32-34(15-22)23-5-8-37-9-6-23/h3-4,12-15,17,23,26-27,35H,5-11,16H2,1-2H3/t26-,27-/m0/s1. The summed E-state index contributed by atoms with van der Waals surface area (Å²) in [7, 11) is 0. The Labute approximate surface area is 221 Å². The molecular weight excluding hydrogens is 482 g/mol. The summed E-state index contributed by atoms with van der Waals surface area (Å²) < 4.78 is 14.4. The molecule has 0 unspecified atom stereocenters. The molecule has 5 heterocycles. The van der Waals surface area contributed by atoms with Gasteiger partial charge in [-0.15, -0.1) is 0 Å². The summed E-state index contributed by atoms with van der Waals surface area (Å²) in [6, 6.07) is 6.13. The summed E-state index contributed by atoms with van der Waals surface area (Å²) in [5.41, 5.74) is 6.74. The lowest BCUT2D eigenvalue weighted by molar-refractivity contribution is -0.0395. The minimum absolute atomic E-state index is 0.125. The number of aliphatic hydroxyl groups excluding tert-OH is 1. The number of ether oxygens (including phenoxy) is 2. The van der Waals surface area contributed by atoms with Crippen molar-refractivity contribution >= 4 is 10.9 Å². The molecule has 0 aliphatic carbocycles. The van der Waals surface area contributed by atoms with Crippen LogP contribution in [0.1, 0.15) is 53.6 Å². The van der Waals surface area contributed by atoms with Crippen LogP contribution in [0.3, 0.4) is 0 Å². The Kier molecular flexibility index (Phi) is 6.82. The van der Waals surface area contributed by atoms with Crippen LogP contribution in [-0.4, -0.2) is 62.0 Å². The number of nitrogens with zero attached hydrogens (tertiary/aromatic N) is 5. The van der Waals surface area contributed by atoms with Crippen molar-refractivity contribution in [1.82, 2.24) is 24.3 Å². The lowest BCUT2D eigenvalue weighted by Crippen LogP contribution is -2.39. The zero-order chi connectivity index (χ0) is 26.2. The van der Waals surface area contributed by atoms with Crippen molar-refractivity contribution in [2.75, 3.05) is 26.4 Å². The molecule has 2 aliphatic rings. The largest absolute Gasteiger partial charge is 0.389 e. The van der Waals surface area contributed by atoms with Crippen LogP contribution in [0.15, 0.2) is 47.9 Å². The van der Waals surface area contributed by atoms with Crippen molar-refractivity contribution < 1.29 is 14.6 Å². The average Bonchev–Trinajstić information content (AvgIpc) is 3.44. The second-order valence-electron chi connectivity index (χ2n) is 10.4. The molecular formula is C29H33N5O4. The lowest BCUT2D eigenvalue weighted by atomic mass is 9.95. The SMILES string of the molecule is Cc1c(Cc2ccc(-c3cnn(C4CCOCC4)c3)nc2)cc2c(=O)n([C@H]3CCOC[C@@H]3O)cnc2c1C. The van der Waals surface area contributed by atoms with Crippen LogP contribution in [0.25, 0.3) is 22.2 Å². The first-order chi connectivity index (χ1) is 18.5. The van der Waals surface area contributed by atoms with Gasteiger partial charge in [0.05, 0.1) is 53.9 Å². The summed E-state index contributed by atoms with van der Waals surface area (Å²) in [4.78, 5) is 22.9. The number of hydrogen-bond donors (Lipinski definition) is 1. The van der Waals surface area contributed by atoms with Crippen molar-refractivity contribution in [3.05, 3.63) is 75.7 Å². The fourth-order valence-electron chi connectivity index (χ4n) is 5.61. The number of aromatic nitrogens is 5. The van der Waals surface area contributed by atoms with Crippen LogP contribution in [0, 0.1) is 13.8 Å². The maximum Gasteiger partial charge on any atom is 0.261 e. The van der Waals surface area contributed by atoms with E-state index in [1.807, 2.05) is 36.1 Å². The Bertz CT molecular complexity index is 1500. The normalized spacial score (nSPS) is 20.7. The highest BCUT2D eigenvalue weighted by atomic mass is 16.5. The molecule has 0 bridgehead atoms. The number of pyridine rings is 1. The van der Waals surface area contributed by atoms with E-state index in [9.17, 15) is 9.90 Å². The smallest absolute Gasteiger partial charge is 0.261 e. The van der Waals surface area contributed by atoms with Crippen molar-refractivity contribution in [3.8, 4) is 11.3 Å². The van der Waals surface area contributed by atoms with Crippen molar-refractivity contribution in [2.45, 2.75) is 57.7 Å². The molecule has 2 saturated heterocycles. The molecule has 4 aromatic rings. The summed E-state index contributed by atoms with van der Waals surface area (Å²) in [6.07, 6.45) is 9.90. The van der Waals surface area contributed by atoms with E-state index in [2.05, 4.69) is 29.3 Å². The highest BCUT2D eigenvalue weighted by molar-refractivity contribution is 5.83. The summed E-state index contributed by atoms with van der Waals surface area (Å²) in [5, 5.41) is 15.6. The van der Waals surface area contributed by atoms with Crippen LogP contribution >= 0.6 is 0 Å². The number of fused-ring (bicyclic) bond motifs is 1. The fourth-order valence-corrected chi connectivity index (χ4v) is 5.61. The second-order valence-corrected chi connectivity index (χ2v) is 10.4. The third-order valence-electron chi connectivity index (χ3n) is 8.08. The minimum atomic E-state index is -0.722. The van der Waals surface area contributed by atoms with E-state index in [0.29, 0.717) is 36.4 Å². The van der Waals surface area contributed by atoms with Gasteiger partial charge in [-0.2, -0.15) is 5.10 Å². The molecule has 1 N–H and O–H groups in total. The first-order valence-corrected chi connectivity index (χ1v) is 13.3. The van der Waals surface area contributed by atoms with Crippen LogP contribution in [0.4, 0.5) is 0 Å². The predicted octanol–water partition coefficient (Wildman–Crippen LogP) is 3.54. The van der Waals surface area contributed by atoms with E-state index in [-0.39, 0.29) is 18.2 Å². The van der Waals surface area contributed by atoms with E-state index < -0.39 is 6.10 Å². The zero-order valence-electron chi connectivity index (χ0n) is 21.8. The molecule has 2 aliphatic heterocycles. The van der Waals surface area contributed by atoms with Gasteiger partial charge < -0.3 is 14.6 Å². The van der Waals surface area contributed by atoms with Gasteiger partial charge in [0.1, 0.15) is 0 Å². The third-order valence-corrected chi connectivity index (χ3v) is 8.08. The molecule has 3 aromatic heterocycles. The van der Waals surface area contributed by atoms with E-state index in [1.165, 1.54) is 0 Å². The number of benzene rings is 1. The maximum atomic E-state index is 13.5. The minimum Gasteiger partial charge on any atom is -0.389 e. The molecule has 0 amide bonds. The number of aliphatic hydroxyl groups is 1. The Morgan fingerprint density at radius 2 is 1.84 bits per heavy atom. The molecule has 0 radical (unpaired) electrons. The topological polar surface area (TPSA) is 104 Å². The lowest BCUT2D eigenvalue weighted by Gasteiger charge is -2.29. The molecule has 2 fully saturated rings. The predicted molar refractivity (Wildman–Crippen MR) is 143 cm³/mol. The fraction of sp³-hybridized carbons (Fsp3) is 0.448. The van der Waals surface area contributed by atoms with Crippen molar-refractivity contribution in [3.63, 3.8) is 0 Å². The van der Waals surface area contributed by atoms with E-state index in [1.54, 1.807) is 10.9 Å². The van der Waals surface area contributed by atoms with Gasteiger partial charge in [0.2, 0.25) is 0 Å². The monoisotopic (exact) mass is 515 g/mol. The van der Waals surface area contributed by atoms with Crippen molar-refractivity contribution in [2.24, 2.45) is 0 Å². The molecule has 0 saturated carbocycles. The molecule has 1 aromatic carbocycles. The van der Waals surface area contributed by atoms with Crippen LogP contribution in [-0.2, 0) is 15.9 Å². The molecule has 9 heteroatoms. The van der Waals surface area contributed by atoms with Gasteiger partial charge in [0.25, 0.3) is 5.56 Å². The summed E-state index contributed by atoms with van der Waals surface area (Å²) in [6.45, 7) is 6.39. The van der Waals surface area contributed by atoms with Gasteiger partial charge in [0, 0.05) is 37.8 Å². The Hall–Kier alpha value is -3.40. The maximum absolute atomic E-state index is 13.5. The van der Waals surface area contributed by atoms with Crippen molar-refractivity contribution in [1.29, 1.82) is 0 Å². The summed E-state index contributed by atoms with van der Waals surface area (Å²) >= 11 is 0. The highest BCUT2D eigenvalue weighted by Gasteiger charge is 2.27. The van der Waals surface area contributed by atoms with Crippen LogP contribution < -0.4 is 5.56 Å². The molecule has 198 valence electrons. The van der Waals surface area contributed by atoms with Gasteiger partial charge in [-0.1, -0.05) is 6.07 Å². The van der Waals surface area contributed by atoms with Crippen LogP contribution in [0.5, 0.6) is 0 Å². The number of hydrogen-bond acceptors (Lipinski definition) is 7. The third kappa shape index (κ3) is 4.66. The average molecular weight is 516 g/mol. The van der Waals surface area contributed by atoms with Gasteiger partial charge in [-0.3, -0.25) is 19.0 Å². The molecule has 2 atom stereocenters. The molecule has 6 rings (SSSR count). The van der Waals surface area contributed by atoms with Gasteiger partial charge in [-0.25, -0.2) is 4.98 Å². The summed E-state index contributed by atoms with van der Waals surface area (Å²) in [5.74, 6) is 0. The van der Waals surface area contributed by atoms with Gasteiger partial charge >= 0.3 is 0 Å². The van der Waals surface area contributed by atoms with Gasteiger partial charge in [-0.05, 0) is 73.9 Å². The molecule has 38 heavy (non-hydrogen) atoms. The number of rotatable bonds is 5. The second kappa shape index (κ2) is 10.4. The molecule has 0 spiro atoms. The zero-order valence-corrected chi connectivity index (χ0v) is 21.8. The quantitative estimate of drug-likeness (QED) is 0.434. The first kappa shape index (κ1) is 24.9. The Balaban J connectivity index is 1.27. The van der Waals surface area contributed by atoms with E-state index in [0.717, 1.165) is 59.6 Å². The Morgan fingerprint density at radius 1 is 1.03 bits per heavy atom. The first-order valence-electron chi connectivity index (χ1n) is 13.3. The van der Waals surface area contributed by atoms with Gasteiger partial charge in [0.15, 0.2) is 0 Å². The molecule has 9 nitrogen and oxygen atoms in total. The Morgan fingerprint density at radius 3 is 2.61 bits per heavy atom. The van der Waals surface area contributed by atoms with Crippen LogP contribution in [0.2, 0.25) is 0 Å². The van der Waals surface area contributed by atoms with E-state index >= 15 is 0 Å². The highest BCUT2D eigenvalue weighted by Crippen LogP contribution is 2.27. The number of aryl methyl sites for hydroxylation is 1.